The number of Topliss-reactive ketones (excluding diaryl/α,β-unsaturated/α-hetero) is 1. The van der Waals surface area contributed by atoms with Gasteiger partial charge in [-0.1, -0.05) is 47.5 Å². The molecule has 6 heteroatoms. The second-order valence-corrected chi connectivity index (χ2v) is 7.66. The number of fused-ring (bicyclic) bond motifs is 1. The molecule has 4 nitrogen and oxygen atoms in total. The summed E-state index contributed by atoms with van der Waals surface area (Å²) in [6.07, 6.45) is 1.62. The van der Waals surface area contributed by atoms with Crippen molar-refractivity contribution in [3.05, 3.63) is 92.7 Å². The van der Waals surface area contributed by atoms with Crippen molar-refractivity contribution in [1.82, 2.24) is 0 Å². The van der Waals surface area contributed by atoms with Crippen LogP contribution in [0.15, 0.2) is 60.4 Å². The van der Waals surface area contributed by atoms with E-state index in [0.29, 0.717) is 39.3 Å². The number of hydrogen-bond acceptors (Lipinski definition) is 4. The highest BCUT2D eigenvalue weighted by Crippen LogP contribution is 2.38. The number of ketones is 1. The lowest BCUT2D eigenvalue weighted by Crippen LogP contribution is -2.00. The first-order chi connectivity index (χ1) is 14.5. The smallest absolute Gasteiger partial charge is 0.232 e. The Hall–Kier alpha value is -2.95. The predicted octanol–water partition coefficient (Wildman–Crippen LogP) is 6.51. The third-order valence-corrected chi connectivity index (χ3v) is 5.34. The van der Waals surface area contributed by atoms with Crippen LogP contribution in [0, 0.1) is 6.92 Å². The molecule has 4 rings (SSSR count). The second-order valence-electron chi connectivity index (χ2n) is 6.82. The zero-order valence-electron chi connectivity index (χ0n) is 16.4. The Morgan fingerprint density at radius 2 is 1.87 bits per heavy atom. The number of halogens is 2. The lowest BCUT2D eigenvalue weighted by Gasteiger charge is -2.11. The van der Waals surface area contributed by atoms with Gasteiger partial charge in [-0.3, -0.25) is 4.79 Å². The molecule has 0 atom stereocenters. The monoisotopic (exact) mass is 440 g/mol. The molecular formula is C24H18Cl2O4. The molecule has 1 heterocycles. The van der Waals surface area contributed by atoms with Crippen molar-refractivity contribution in [2.45, 2.75) is 13.5 Å². The number of aryl methyl sites for hydroxylation is 1. The van der Waals surface area contributed by atoms with Crippen LogP contribution in [0.3, 0.4) is 0 Å². The zero-order valence-corrected chi connectivity index (χ0v) is 17.9. The molecule has 1 aliphatic heterocycles. The minimum Gasteiger partial charge on any atom is -0.496 e. The van der Waals surface area contributed by atoms with Crippen molar-refractivity contribution in [3.8, 4) is 17.2 Å². The average molecular weight is 441 g/mol. The molecule has 0 radical (unpaired) electrons. The fourth-order valence-corrected chi connectivity index (χ4v) is 3.77. The summed E-state index contributed by atoms with van der Waals surface area (Å²) in [5.41, 5.74) is 2.88. The maximum Gasteiger partial charge on any atom is 0.232 e. The summed E-state index contributed by atoms with van der Waals surface area (Å²) in [5.74, 6) is 1.85. The Bertz CT molecular complexity index is 1170. The lowest BCUT2D eigenvalue weighted by molar-refractivity contribution is 0.101. The molecule has 0 N–H and O–H groups in total. The molecule has 0 aromatic heterocycles. The Labute approximate surface area is 184 Å². The van der Waals surface area contributed by atoms with Gasteiger partial charge in [0.15, 0.2) is 5.76 Å². The molecule has 30 heavy (non-hydrogen) atoms. The molecule has 0 spiro atoms. The fraction of sp³-hybridized carbons (Fsp3) is 0.125. The molecular weight excluding hydrogens is 423 g/mol. The van der Waals surface area contributed by atoms with Crippen LogP contribution in [0.5, 0.6) is 17.2 Å². The molecule has 3 aromatic rings. The lowest BCUT2D eigenvalue weighted by atomic mass is 10.0. The van der Waals surface area contributed by atoms with Gasteiger partial charge in [0, 0.05) is 21.7 Å². The maximum absolute atomic E-state index is 12.9. The molecule has 0 aliphatic carbocycles. The number of carbonyl (C=O) groups is 1. The van der Waals surface area contributed by atoms with Crippen LogP contribution in [-0.2, 0) is 6.61 Å². The Morgan fingerprint density at radius 1 is 1.07 bits per heavy atom. The number of carbonyl (C=O) groups excluding carboxylic acids is 1. The van der Waals surface area contributed by atoms with E-state index in [9.17, 15) is 4.79 Å². The SMILES string of the molecule is COc1ccccc1COc1cc(C)c2c(c1)O/C(=C\c1ccc(Cl)cc1Cl)C2=O. The topological polar surface area (TPSA) is 44.8 Å². The minimum absolute atomic E-state index is 0.190. The van der Waals surface area contributed by atoms with Gasteiger partial charge in [0.25, 0.3) is 0 Å². The highest BCUT2D eigenvalue weighted by Gasteiger charge is 2.30. The summed E-state index contributed by atoms with van der Waals surface area (Å²) in [5, 5.41) is 0.969. The van der Waals surface area contributed by atoms with E-state index in [4.69, 9.17) is 37.4 Å². The number of rotatable bonds is 5. The van der Waals surface area contributed by atoms with Crippen LogP contribution in [-0.4, -0.2) is 12.9 Å². The van der Waals surface area contributed by atoms with Crippen molar-refractivity contribution >= 4 is 35.1 Å². The van der Waals surface area contributed by atoms with E-state index in [1.807, 2.05) is 37.3 Å². The first-order valence-electron chi connectivity index (χ1n) is 9.25. The third kappa shape index (κ3) is 4.02. The van der Waals surface area contributed by atoms with E-state index in [1.165, 1.54) is 0 Å². The Kier molecular flexibility index (Phi) is 5.71. The highest BCUT2D eigenvalue weighted by molar-refractivity contribution is 6.35. The summed E-state index contributed by atoms with van der Waals surface area (Å²) in [6, 6.07) is 16.3. The standard InChI is InChI=1S/C24H18Cl2O4/c1-14-9-18(29-13-16-5-3-4-6-20(16)28-2)12-21-23(14)24(27)22(30-21)10-15-7-8-17(25)11-19(15)26/h3-12H,13H2,1-2H3/b22-10-. The van der Waals surface area contributed by atoms with E-state index in [0.717, 1.165) is 16.9 Å². The first-order valence-corrected chi connectivity index (χ1v) is 10.0. The summed E-state index contributed by atoms with van der Waals surface area (Å²) in [4.78, 5) is 12.9. The number of para-hydroxylation sites is 1. The quantitative estimate of drug-likeness (QED) is 0.424. The maximum atomic E-state index is 12.9. The third-order valence-electron chi connectivity index (χ3n) is 4.78. The first kappa shape index (κ1) is 20.3. The highest BCUT2D eigenvalue weighted by atomic mass is 35.5. The van der Waals surface area contributed by atoms with Crippen LogP contribution < -0.4 is 14.2 Å². The molecule has 0 unspecified atom stereocenters. The molecule has 0 fully saturated rings. The van der Waals surface area contributed by atoms with Crippen LogP contribution in [0.1, 0.15) is 27.0 Å². The van der Waals surface area contributed by atoms with Crippen molar-refractivity contribution in [3.63, 3.8) is 0 Å². The summed E-state index contributed by atoms with van der Waals surface area (Å²) in [7, 11) is 1.62. The van der Waals surface area contributed by atoms with Crippen molar-refractivity contribution in [1.29, 1.82) is 0 Å². The Morgan fingerprint density at radius 3 is 2.63 bits per heavy atom. The van der Waals surface area contributed by atoms with Crippen molar-refractivity contribution < 1.29 is 19.0 Å². The zero-order chi connectivity index (χ0) is 21.3. The summed E-state index contributed by atoms with van der Waals surface area (Å²) in [6.45, 7) is 2.19. The molecule has 1 aliphatic rings. The number of hydrogen-bond donors (Lipinski definition) is 0. The fourth-order valence-electron chi connectivity index (χ4n) is 3.30. The average Bonchev–Trinajstić information content (AvgIpc) is 3.04. The summed E-state index contributed by atoms with van der Waals surface area (Å²) < 4.78 is 17.1. The van der Waals surface area contributed by atoms with Gasteiger partial charge in [-0.25, -0.2) is 0 Å². The Balaban J connectivity index is 1.59. The molecule has 0 saturated heterocycles. The van der Waals surface area contributed by atoms with Crippen molar-refractivity contribution in [2.75, 3.05) is 7.11 Å². The van der Waals surface area contributed by atoms with Gasteiger partial charge in [-0.15, -0.1) is 0 Å². The van der Waals surface area contributed by atoms with Gasteiger partial charge < -0.3 is 14.2 Å². The van der Waals surface area contributed by atoms with Gasteiger partial charge in [0.05, 0.1) is 12.7 Å². The summed E-state index contributed by atoms with van der Waals surface area (Å²) >= 11 is 12.2. The van der Waals surface area contributed by atoms with Crippen molar-refractivity contribution in [2.24, 2.45) is 0 Å². The van der Waals surface area contributed by atoms with Crippen LogP contribution in [0.4, 0.5) is 0 Å². The minimum atomic E-state index is -0.190. The van der Waals surface area contributed by atoms with Gasteiger partial charge >= 0.3 is 0 Å². The van der Waals surface area contributed by atoms with Gasteiger partial charge in [0.1, 0.15) is 23.9 Å². The molecule has 0 bridgehead atoms. The molecule has 0 amide bonds. The largest absolute Gasteiger partial charge is 0.496 e. The van der Waals surface area contributed by atoms with E-state index in [-0.39, 0.29) is 11.5 Å². The van der Waals surface area contributed by atoms with Gasteiger partial charge in [0.2, 0.25) is 5.78 Å². The molecule has 3 aromatic carbocycles. The van der Waals surface area contributed by atoms with Crippen LogP contribution in [0.25, 0.3) is 6.08 Å². The van der Waals surface area contributed by atoms with E-state index in [2.05, 4.69) is 0 Å². The number of allylic oxidation sites excluding steroid dienone is 1. The normalized spacial score (nSPS) is 13.9. The van der Waals surface area contributed by atoms with Gasteiger partial charge in [-0.2, -0.15) is 0 Å². The van der Waals surface area contributed by atoms with E-state index < -0.39 is 0 Å². The number of benzene rings is 3. The van der Waals surface area contributed by atoms with E-state index >= 15 is 0 Å². The predicted molar refractivity (Wildman–Crippen MR) is 118 cm³/mol. The van der Waals surface area contributed by atoms with Crippen LogP contribution >= 0.6 is 23.2 Å². The molecule has 152 valence electrons. The number of ether oxygens (including phenoxy) is 3. The van der Waals surface area contributed by atoms with Gasteiger partial charge in [-0.05, 0) is 48.4 Å². The van der Waals surface area contributed by atoms with Crippen LogP contribution in [0.2, 0.25) is 10.0 Å². The van der Waals surface area contributed by atoms with E-state index in [1.54, 1.807) is 37.5 Å². The number of methoxy groups -OCH3 is 1. The second kappa shape index (κ2) is 8.42. The molecule has 0 saturated carbocycles.